The summed E-state index contributed by atoms with van der Waals surface area (Å²) in [4.78, 5) is 27.2. The predicted octanol–water partition coefficient (Wildman–Crippen LogP) is 4.83. The third-order valence-corrected chi connectivity index (χ3v) is 6.85. The molecule has 1 saturated heterocycles. The molecular weight excluding hydrogens is 469 g/mol. The minimum absolute atomic E-state index is 0.0551. The molecule has 0 aliphatic carbocycles. The number of carbonyl (C=O) groups is 2. The summed E-state index contributed by atoms with van der Waals surface area (Å²) >= 11 is 13.3. The van der Waals surface area contributed by atoms with Crippen LogP contribution in [0.15, 0.2) is 53.7 Å². The van der Waals surface area contributed by atoms with Crippen molar-refractivity contribution in [2.24, 2.45) is 7.05 Å². The molecule has 1 aliphatic heterocycles. The standard InChI is InChI=1S/C22H21Cl2N5O2S/c1-28-20(18-7-4-12-29(18)21(31)14-8-10-15(23)11-9-14)26-27-22(28)32-13-19(30)25-17-6-3-2-5-16(17)24/h2-3,5-6,8-11,18H,4,7,12-13H2,1H3,(H,25,30). The van der Waals surface area contributed by atoms with Crippen LogP contribution in [-0.2, 0) is 11.8 Å². The van der Waals surface area contributed by atoms with Crippen molar-refractivity contribution in [3.05, 3.63) is 70.0 Å². The molecule has 32 heavy (non-hydrogen) atoms. The third-order valence-electron chi connectivity index (χ3n) is 5.25. The van der Waals surface area contributed by atoms with Crippen molar-refractivity contribution in [3.8, 4) is 0 Å². The number of nitrogens with zero attached hydrogens (tertiary/aromatic N) is 4. The van der Waals surface area contributed by atoms with Gasteiger partial charge >= 0.3 is 0 Å². The van der Waals surface area contributed by atoms with Crippen LogP contribution in [0.25, 0.3) is 0 Å². The van der Waals surface area contributed by atoms with Gasteiger partial charge in [0.15, 0.2) is 11.0 Å². The number of benzene rings is 2. The lowest BCUT2D eigenvalue weighted by Gasteiger charge is -2.24. The SMILES string of the molecule is Cn1c(SCC(=O)Nc2ccccc2Cl)nnc1C1CCCN1C(=O)c1ccc(Cl)cc1. The van der Waals surface area contributed by atoms with Crippen LogP contribution in [-0.4, -0.2) is 43.8 Å². The molecule has 0 spiro atoms. The van der Waals surface area contributed by atoms with Gasteiger partial charge in [0.25, 0.3) is 5.91 Å². The summed E-state index contributed by atoms with van der Waals surface area (Å²) in [6.07, 6.45) is 1.70. The second-order valence-corrected chi connectivity index (χ2v) is 9.17. The van der Waals surface area contributed by atoms with E-state index in [1.165, 1.54) is 11.8 Å². The fraction of sp³-hybridized carbons (Fsp3) is 0.273. The van der Waals surface area contributed by atoms with Crippen molar-refractivity contribution >= 4 is 52.5 Å². The van der Waals surface area contributed by atoms with E-state index in [-0.39, 0.29) is 23.6 Å². The van der Waals surface area contributed by atoms with Crippen LogP contribution in [0.5, 0.6) is 0 Å². The highest BCUT2D eigenvalue weighted by Crippen LogP contribution is 2.33. The summed E-state index contributed by atoms with van der Waals surface area (Å²) in [7, 11) is 1.85. The van der Waals surface area contributed by atoms with Crippen molar-refractivity contribution < 1.29 is 9.59 Å². The Morgan fingerprint density at radius 2 is 1.88 bits per heavy atom. The van der Waals surface area contributed by atoms with Crippen LogP contribution >= 0.6 is 35.0 Å². The third kappa shape index (κ3) is 4.92. The van der Waals surface area contributed by atoms with Crippen LogP contribution in [0.2, 0.25) is 10.0 Å². The number of hydrogen-bond acceptors (Lipinski definition) is 5. The number of thioether (sulfide) groups is 1. The molecule has 1 aliphatic rings. The second-order valence-electron chi connectivity index (χ2n) is 7.38. The van der Waals surface area contributed by atoms with Crippen molar-refractivity contribution in [3.63, 3.8) is 0 Å². The van der Waals surface area contributed by atoms with Crippen molar-refractivity contribution in [1.82, 2.24) is 19.7 Å². The Morgan fingerprint density at radius 1 is 1.12 bits per heavy atom. The maximum atomic E-state index is 13.0. The summed E-state index contributed by atoms with van der Waals surface area (Å²) in [5.41, 5.74) is 1.16. The topological polar surface area (TPSA) is 80.1 Å². The van der Waals surface area contributed by atoms with Gasteiger partial charge in [0.1, 0.15) is 0 Å². The normalized spacial score (nSPS) is 15.7. The zero-order valence-electron chi connectivity index (χ0n) is 17.3. The van der Waals surface area contributed by atoms with Gasteiger partial charge in [0, 0.05) is 24.2 Å². The summed E-state index contributed by atoms with van der Waals surface area (Å²) in [5, 5.41) is 13.1. The average Bonchev–Trinajstić information content (AvgIpc) is 3.40. The Hall–Kier alpha value is -2.55. The maximum Gasteiger partial charge on any atom is 0.254 e. The highest BCUT2D eigenvalue weighted by Gasteiger charge is 2.34. The van der Waals surface area contributed by atoms with Crippen molar-refractivity contribution in [2.45, 2.75) is 24.0 Å². The number of halogens is 2. The molecule has 0 bridgehead atoms. The molecule has 3 aromatic rings. The zero-order valence-corrected chi connectivity index (χ0v) is 19.6. The van der Waals surface area contributed by atoms with Gasteiger partial charge in [-0.25, -0.2) is 0 Å². The first-order valence-corrected chi connectivity index (χ1v) is 11.8. The number of carbonyl (C=O) groups excluding carboxylic acids is 2. The molecule has 2 aromatic carbocycles. The highest BCUT2D eigenvalue weighted by molar-refractivity contribution is 7.99. The van der Waals surface area contributed by atoms with Crippen LogP contribution in [0.1, 0.15) is 35.1 Å². The molecule has 2 amide bonds. The lowest BCUT2D eigenvalue weighted by atomic mass is 10.1. The zero-order chi connectivity index (χ0) is 22.7. The van der Waals surface area contributed by atoms with Gasteiger partial charge in [-0.1, -0.05) is 47.1 Å². The fourth-order valence-electron chi connectivity index (χ4n) is 3.66. The van der Waals surface area contributed by atoms with Gasteiger partial charge < -0.3 is 14.8 Å². The molecule has 1 N–H and O–H groups in total. The molecule has 2 heterocycles. The lowest BCUT2D eigenvalue weighted by Crippen LogP contribution is -2.31. The number of likely N-dealkylation sites (tertiary alicyclic amines) is 1. The minimum Gasteiger partial charge on any atom is -0.328 e. The van der Waals surface area contributed by atoms with Crippen LogP contribution in [0.4, 0.5) is 5.69 Å². The molecule has 1 unspecified atom stereocenters. The molecule has 7 nitrogen and oxygen atoms in total. The van der Waals surface area contributed by atoms with Crippen molar-refractivity contribution in [1.29, 1.82) is 0 Å². The number of hydrogen-bond donors (Lipinski definition) is 1. The second kappa shape index (κ2) is 9.94. The Bertz CT molecular complexity index is 1140. The quantitative estimate of drug-likeness (QED) is 0.501. The van der Waals surface area contributed by atoms with E-state index in [9.17, 15) is 9.59 Å². The Labute approximate surface area is 200 Å². The van der Waals surface area contributed by atoms with E-state index < -0.39 is 0 Å². The van der Waals surface area contributed by atoms with Gasteiger partial charge in [-0.15, -0.1) is 10.2 Å². The highest BCUT2D eigenvalue weighted by atomic mass is 35.5. The molecule has 1 aromatic heterocycles. The first-order chi connectivity index (χ1) is 15.4. The van der Waals surface area contributed by atoms with E-state index in [0.29, 0.717) is 38.8 Å². The monoisotopic (exact) mass is 489 g/mol. The molecule has 0 saturated carbocycles. The first-order valence-electron chi connectivity index (χ1n) is 10.1. The molecule has 4 rings (SSSR count). The number of amides is 2. The molecule has 0 radical (unpaired) electrons. The van der Waals surface area contributed by atoms with E-state index in [2.05, 4.69) is 15.5 Å². The lowest BCUT2D eigenvalue weighted by molar-refractivity contribution is -0.113. The summed E-state index contributed by atoms with van der Waals surface area (Å²) in [6, 6.07) is 13.8. The largest absolute Gasteiger partial charge is 0.328 e. The number of para-hydroxylation sites is 1. The summed E-state index contributed by atoms with van der Waals surface area (Å²) in [5.74, 6) is 0.627. The van der Waals surface area contributed by atoms with E-state index >= 15 is 0 Å². The molecule has 1 atom stereocenters. The average molecular weight is 490 g/mol. The summed E-state index contributed by atoms with van der Waals surface area (Å²) in [6.45, 7) is 0.654. The number of rotatable bonds is 6. The van der Waals surface area contributed by atoms with Gasteiger partial charge in [0.2, 0.25) is 5.91 Å². The molecular formula is C22H21Cl2N5O2S. The molecule has 1 fully saturated rings. The predicted molar refractivity (Wildman–Crippen MR) is 126 cm³/mol. The summed E-state index contributed by atoms with van der Waals surface area (Å²) < 4.78 is 1.85. The Kier molecular flexibility index (Phi) is 7.03. The molecule has 166 valence electrons. The van der Waals surface area contributed by atoms with Crippen LogP contribution in [0, 0.1) is 0 Å². The maximum absolute atomic E-state index is 13.0. The van der Waals surface area contributed by atoms with Gasteiger partial charge in [-0.3, -0.25) is 9.59 Å². The number of anilines is 1. The first kappa shape index (κ1) is 22.6. The van der Waals surface area contributed by atoms with E-state index in [4.69, 9.17) is 23.2 Å². The van der Waals surface area contributed by atoms with E-state index in [1.807, 2.05) is 22.6 Å². The minimum atomic E-state index is -0.187. The fourth-order valence-corrected chi connectivity index (χ4v) is 4.68. The van der Waals surface area contributed by atoms with Crippen molar-refractivity contribution in [2.75, 3.05) is 17.6 Å². The van der Waals surface area contributed by atoms with Gasteiger partial charge in [-0.05, 0) is 49.2 Å². The number of aromatic nitrogens is 3. The smallest absolute Gasteiger partial charge is 0.254 e. The van der Waals surface area contributed by atoms with E-state index in [0.717, 1.165) is 12.8 Å². The van der Waals surface area contributed by atoms with Gasteiger partial charge in [-0.2, -0.15) is 0 Å². The molecule has 10 heteroatoms. The Morgan fingerprint density at radius 3 is 2.62 bits per heavy atom. The Balaban J connectivity index is 1.42. The van der Waals surface area contributed by atoms with Gasteiger partial charge in [0.05, 0.1) is 22.5 Å². The van der Waals surface area contributed by atoms with Crippen LogP contribution in [0.3, 0.4) is 0 Å². The van der Waals surface area contributed by atoms with E-state index in [1.54, 1.807) is 42.5 Å². The van der Waals surface area contributed by atoms with Crippen LogP contribution < -0.4 is 5.32 Å². The number of nitrogens with one attached hydrogen (secondary N) is 1.